The van der Waals surface area contributed by atoms with Crippen LogP contribution in [-0.2, 0) is 22.6 Å². The third-order valence-electron chi connectivity index (χ3n) is 6.13. The number of aliphatic carboxylic acids is 1. The summed E-state index contributed by atoms with van der Waals surface area (Å²) in [7, 11) is 0. The van der Waals surface area contributed by atoms with Gasteiger partial charge in [-0.2, -0.15) is 0 Å². The van der Waals surface area contributed by atoms with Crippen LogP contribution in [0.5, 0.6) is 5.75 Å². The van der Waals surface area contributed by atoms with Crippen LogP contribution in [-0.4, -0.2) is 40.0 Å². The monoisotopic (exact) mass is 546 g/mol. The number of carbonyl (C=O) groups excluding carboxylic acids is 2. The highest BCUT2D eigenvalue weighted by Gasteiger charge is 2.15. The molecule has 1 heterocycles. The lowest BCUT2D eigenvalue weighted by Crippen LogP contribution is -2.49. The van der Waals surface area contributed by atoms with Crippen LogP contribution < -0.4 is 20.0 Å². The molecule has 0 aliphatic carbocycles. The Morgan fingerprint density at radius 3 is 2.49 bits per heavy atom. The Labute approximate surface area is 229 Å². The Kier molecular flexibility index (Phi) is 9.11. The summed E-state index contributed by atoms with van der Waals surface area (Å²) in [5.41, 5.74) is 3.36. The lowest BCUT2D eigenvalue weighted by molar-refractivity contribution is -0.308. The van der Waals surface area contributed by atoms with Crippen molar-refractivity contribution in [3.05, 3.63) is 99.2 Å². The highest BCUT2D eigenvalue weighted by Crippen LogP contribution is 2.22. The second kappa shape index (κ2) is 12.9. The number of thiazole rings is 1. The van der Waals surface area contributed by atoms with Crippen LogP contribution >= 0.6 is 11.3 Å². The Hall–Kier alpha value is -4.44. The molecule has 1 amide bonds. The maximum Gasteiger partial charge on any atom is 0.308 e. The molecule has 0 radical (unpaired) electrons. The van der Waals surface area contributed by atoms with E-state index in [0.29, 0.717) is 35.6 Å². The highest BCUT2D eigenvalue weighted by molar-refractivity contribution is 7.16. The van der Waals surface area contributed by atoms with E-state index in [2.05, 4.69) is 10.5 Å². The van der Waals surface area contributed by atoms with E-state index in [4.69, 9.17) is 4.74 Å². The minimum atomic E-state index is -1.33. The first kappa shape index (κ1) is 27.6. The Morgan fingerprint density at radius 1 is 1.08 bits per heavy atom. The topological polar surface area (TPSA) is 133 Å². The van der Waals surface area contributed by atoms with Crippen molar-refractivity contribution >= 4 is 39.1 Å². The van der Waals surface area contributed by atoms with E-state index in [1.165, 1.54) is 0 Å². The van der Waals surface area contributed by atoms with Crippen molar-refractivity contribution < 1.29 is 24.6 Å². The summed E-state index contributed by atoms with van der Waals surface area (Å²) in [6.07, 6.45) is 0.981. The maximum absolute atomic E-state index is 12.7. The molecule has 10 heteroatoms. The third-order valence-corrected chi connectivity index (χ3v) is 7.07. The fourth-order valence-electron chi connectivity index (χ4n) is 4.20. The number of oxime groups is 1. The molecule has 0 saturated carbocycles. The average Bonchev–Trinajstić information content (AvgIpc) is 3.24. The van der Waals surface area contributed by atoms with Crippen molar-refractivity contribution in [3.63, 3.8) is 0 Å². The second-order valence-electron chi connectivity index (χ2n) is 8.90. The molecular formula is C29H28N3O6S-. The summed E-state index contributed by atoms with van der Waals surface area (Å²) in [5, 5.41) is 27.0. The van der Waals surface area contributed by atoms with E-state index in [0.717, 1.165) is 27.1 Å². The van der Waals surface area contributed by atoms with Crippen LogP contribution in [0.3, 0.4) is 0 Å². The highest BCUT2D eigenvalue weighted by atomic mass is 32.1. The van der Waals surface area contributed by atoms with Gasteiger partial charge in [-0.1, -0.05) is 71.9 Å². The van der Waals surface area contributed by atoms with Gasteiger partial charge in [-0.3, -0.25) is 14.2 Å². The molecule has 4 aromatic rings. The van der Waals surface area contributed by atoms with Crippen LogP contribution in [0.1, 0.15) is 36.5 Å². The summed E-state index contributed by atoms with van der Waals surface area (Å²) < 4.78 is 8.23. The van der Waals surface area contributed by atoms with Crippen molar-refractivity contribution in [2.24, 2.45) is 5.16 Å². The molecular weight excluding hydrogens is 518 g/mol. The molecule has 4 rings (SSSR count). The molecule has 1 atom stereocenters. The molecule has 9 nitrogen and oxygen atoms in total. The van der Waals surface area contributed by atoms with Gasteiger partial charge in [0.15, 0.2) is 0 Å². The van der Waals surface area contributed by atoms with Crippen LogP contribution in [0.2, 0.25) is 0 Å². The van der Waals surface area contributed by atoms with Crippen LogP contribution in [0.15, 0.2) is 82.7 Å². The number of carbonyl (C=O) groups is 2. The lowest BCUT2D eigenvalue weighted by atomic mass is 10.0. The number of fused-ring (bicyclic) bond motifs is 1. The summed E-state index contributed by atoms with van der Waals surface area (Å²) in [6.45, 7) is 2.42. The Balaban J connectivity index is 1.39. The van der Waals surface area contributed by atoms with Gasteiger partial charge in [0, 0.05) is 17.5 Å². The van der Waals surface area contributed by atoms with Gasteiger partial charge in [0.25, 0.3) is 0 Å². The molecule has 39 heavy (non-hydrogen) atoms. The van der Waals surface area contributed by atoms with E-state index in [-0.39, 0.29) is 30.2 Å². The van der Waals surface area contributed by atoms with Crippen LogP contribution in [0.4, 0.5) is 0 Å². The standard InChI is InChI=1S/C29H29N3O6S/c1-2-6-26(33)30-23(28(34)35)17-19-9-12-22(13-10-19)38-16-15-32-24-14-11-21(18-25(24)39-29(32)36)27(31-37)20-7-4-3-5-8-20/h3-5,7-14,18,23,37H,2,6,15-17H2,1H3,(H,30,33)(H,34,35)/p-1/b31-27+. The number of carboxylic acids is 1. The number of amides is 1. The van der Waals surface area contributed by atoms with Crippen LogP contribution in [0, 0.1) is 0 Å². The predicted molar refractivity (Wildman–Crippen MR) is 147 cm³/mol. The number of hydrogen-bond acceptors (Lipinski definition) is 8. The van der Waals surface area contributed by atoms with E-state index in [9.17, 15) is 24.7 Å². The van der Waals surface area contributed by atoms with E-state index in [1.54, 1.807) is 28.8 Å². The van der Waals surface area contributed by atoms with Crippen LogP contribution in [0.25, 0.3) is 10.2 Å². The van der Waals surface area contributed by atoms with Crippen molar-refractivity contribution in [1.82, 2.24) is 9.88 Å². The normalized spacial score (nSPS) is 12.3. The van der Waals surface area contributed by atoms with Gasteiger partial charge in [0.2, 0.25) is 5.91 Å². The predicted octanol–water partition coefficient (Wildman–Crippen LogP) is 2.95. The molecule has 0 saturated heterocycles. The Morgan fingerprint density at radius 2 is 1.82 bits per heavy atom. The molecule has 3 aromatic carbocycles. The zero-order valence-corrected chi connectivity index (χ0v) is 22.1. The third kappa shape index (κ3) is 6.91. The number of hydrogen-bond donors (Lipinski definition) is 2. The van der Waals surface area contributed by atoms with Gasteiger partial charge >= 0.3 is 4.87 Å². The van der Waals surface area contributed by atoms with E-state index >= 15 is 0 Å². The number of benzene rings is 3. The molecule has 1 unspecified atom stereocenters. The molecule has 2 N–H and O–H groups in total. The number of rotatable bonds is 12. The van der Waals surface area contributed by atoms with Gasteiger partial charge in [0.1, 0.15) is 18.1 Å². The maximum atomic E-state index is 12.7. The average molecular weight is 547 g/mol. The second-order valence-corrected chi connectivity index (χ2v) is 9.90. The van der Waals surface area contributed by atoms with Gasteiger partial charge in [-0.15, -0.1) is 0 Å². The van der Waals surface area contributed by atoms with Gasteiger partial charge in [0.05, 0.1) is 28.8 Å². The van der Waals surface area contributed by atoms with Gasteiger partial charge in [-0.05, 0) is 42.7 Å². The van der Waals surface area contributed by atoms with Crippen molar-refractivity contribution in [1.29, 1.82) is 0 Å². The summed E-state index contributed by atoms with van der Waals surface area (Å²) in [6, 6.07) is 20.6. The number of carboxylic acid groups (broad SMARTS) is 1. The quantitative estimate of drug-likeness (QED) is 0.160. The van der Waals surface area contributed by atoms with Crippen molar-refractivity contribution in [2.45, 2.75) is 38.8 Å². The van der Waals surface area contributed by atoms with Crippen molar-refractivity contribution in [3.8, 4) is 5.75 Å². The molecule has 0 aliphatic rings. The summed E-state index contributed by atoms with van der Waals surface area (Å²) >= 11 is 1.11. The zero-order chi connectivity index (χ0) is 27.8. The SMILES string of the molecule is CCCC(=O)NC(Cc1ccc(OCCn2c(=O)sc3cc(/C(=N/O)c4ccccc4)ccc32)cc1)C(=O)[O-]. The molecule has 0 bridgehead atoms. The largest absolute Gasteiger partial charge is 0.548 e. The molecule has 202 valence electrons. The molecule has 0 fully saturated rings. The van der Waals surface area contributed by atoms with Gasteiger partial charge < -0.3 is 25.2 Å². The molecule has 0 spiro atoms. The first-order valence-corrected chi connectivity index (χ1v) is 13.3. The number of nitrogens with zero attached hydrogens (tertiary/aromatic N) is 2. The number of aromatic nitrogens is 1. The lowest BCUT2D eigenvalue weighted by Gasteiger charge is -2.20. The zero-order valence-electron chi connectivity index (χ0n) is 21.3. The molecule has 0 aliphatic heterocycles. The van der Waals surface area contributed by atoms with Crippen molar-refractivity contribution in [2.75, 3.05) is 6.61 Å². The van der Waals surface area contributed by atoms with E-state index < -0.39 is 12.0 Å². The first-order chi connectivity index (χ1) is 18.9. The smallest absolute Gasteiger partial charge is 0.308 e. The van der Waals surface area contributed by atoms with E-state index in [1.807, 2.05) is 55.5 Å². The Bertz CT molecular complexity index is 1530. The number of ether oxygens (including phenoxy) is 1. The fourth-order valence-corrected chi connectivity index (χ4v) is 5.16. The van der Waals surface area contributed by atoms with Gasteiger partial charge in [-0.25, -0.2) is 0 Å². The fraction of sp³-hybridized carbons (Fsp3) is 0.241. The summed E-state index contributed by atoms with van der Waals surface area (Å²) in [4.78, 5) is 35.8. The summed E-state index contributed by atoms with van der Waals surface area (Å²) in [5.74, 6) is -1.09. The number of nitrogens with one attached hydrogen (secondary N) is 1. The minimum absolute atomic E-state index is 0.101. The minimum Gasteiger partial charge on any atom is -0.548 e. The first-order valence-electron chi connectivity index (χ1n) is 12.5. The molecule has 1 aromatic heterocycles.